The second kappa shape index (κ2) is 5.88. The van der Waals surface area contributed by atoms with Crippen molar-refractivity contribution >= 4 is 10.0 Å². The van der Waals surface area contributed by atoms with Gasteiger partial charge in [0.2, 0.25) is 10.0 Å². The minimum Gasteiger partial charge on any atom is -0.314 e. The highest BCUT2D eigenvalue weighted by atomic mass is 32.2. The summed E-state index contributed by atoms with van der Waals surface area (Å²) in [6.45, 7) is 4.58. The molecular weight excluding hydrogens is 248 g/mol. The molecule has 0 heterocycles. The lowest BCUT2D eigenvalue weighted by Gasteiger charge is -2.29. The van der Waals surface area contributed by atoms with E-state index in [0.717, 1.165) is 44.2 Å². The molecule has 0 aromatic rings. The molecule has 4 nitrogen and oxygen atoms in total. The maximum absolute atomic E-state index is 11.8. The molecule has 2 rings (SSSR count). The first kappa shape index (κ1) is 14.3. The summed E-state index contributed by atoms with van der Waals surface area (Å²) in [4.78, 5) is 0. The number of hydrogen-bond donors (Lipinski definition) is 2. The molecule has 2 N–H and O–H groups in total. The summed E-state index contributed by atoms with van der Waals surface area (Å²) >= 11 is 0. The SMILES string of the molecule is CC(C)S(=O)(=O)NC1CCC(CNC2CC2)CC1. The quantitative estimate of drug-likeness (QED) is 0.774. The lowest BCUT2D eigenvalue weighted by molar-refractivity contribution is 0.302. The van der Waals surface area contributed by atoms with Gasteiger partial charge in [-0.1, -0.05) is 0 Å². The summed E-state index contributed by atoms with van der Waals surface area (Å²) in [5.74, 6) is 0.741. The molecule has 5 heteroatoms. The van der Waals surface area contributed by atoms with Crippen LogP contribution in [0.5, 0.6) is 0 Å². The van der Waals surface area contributed by atoms with Crippen molar-refractivity contribution in [3.05, 3.63) is 0 Å². The van der Waals surface area contributed by atoms with Gasteiger partial charge in [-0.05, 0) is 64.8 Å². The van der Waals surface area contributed by atoms with Crippen LogP contribution in [0, 0.1) is 5.92 Å². The zero-order valence-corrected chi connectivity index (χ0v) is 12.3. The summed E-state index contributed by atoms with van der Waals surface area (Å²) in [5.41, 5.74) is 0. The molecule has 2 saturated carbocycles. The third-order valence-corrected chi connectivity index (χ3v) is 5.97. The molecule has 0 aliphatic heterocycles. The van der Waals surface area contributed by atoms with Gasteiger partial charge in [0.1, 0.15) is 0 Å². The van der Waals surface area contributed by atoms with Gasteiger partial charge in [-0.2, -0.15) is 0 Å². The Morgan fingerprint density at radius 3 is 2.06 bits per heavy atom. The molecule has 0 aromatic carbocycles. The van der Waals surface area contributed by atoms with Gasteiger partial charge in [0.15, 0.2) is 0 Å². The maximum Gasteiger partial charge on any atom is 0.214 e. The molecule has 0 saturated heterocycles. The topological polar surface area (TPSA) is 58.2 Å². The van der Waals surface area contributed by atoms with Crippen molar-refractivity contribution in [3.8, 4) is 0 Å². The molecule has 0 bridgehead atoms. The van der Waals surface area contributed by atoms with E-state index in [1.165, 1.54) is 12.8 Å². The van der Waals surface area contributed by atoms with E-state index in [1.54, 1.807) is 13.8 Å². The Morgan fingerprint density at radius 2 is 1.56 bits per heavy atom. The average molecular weight is 274 g/mol. The molecule has 2 fully saturated rings. The summed E-state index contributed by atoms with van der Waals surface area (Å²) in [7, 11) is -3.10. The van der Waals surface area contributed by atoms with Crippen LogP contribution in [0.2, 0.25) is 0 Å². The minimum atomic E-state index is -3.10. The third-order valence-electron chi connectivity index (χ3n) is 4.07. The van der Waals surface area contributed by atoms with E-state index in [-0.39, 0.29) is 11.3 Å². The van der Waals surface area contributed by atoms with Gasteiger partial charge in [0.25, 0.3) is 0 Å². The van der Waals surface area contributed by atoms with Crippen molar-refractivity contribution in [1.82, 2.24) is 10.0 Å². The van der Waals surface area contributed by atoms with E-state index in [9.17, 15) is 8.42 Å². The van der Waals surface area contributed by atoms with Crippen molar-refractivity contribution in [3.63, 3.8) is 0 Å². The smallest absolute Gasteiger partial charge is 0.214 e. The fraction of sp³-hybridized carbons (Fsp3) is 1.00. The molecular formula is C13H26N2O2S. The maximum atomic E-state index is 11.8. The van der Waals surface area contributed by atoms with Crippen LogP contribution in [-0.4, -0.2) is 32.3 Å². The molecule has 0 aromatic heterocycles. The first-order chi connectivity index (χ1) is 8.47. The van der Waals surface area contributed by atoms with Crippen molar-refractivity contribution in [2.45, 2.75) is 69.7 Å². The van der Waals surface area contributed by atoms with Gasteiger partial charge in [0, 0.05) is 12.1 Å². The monoisotopic (exact) mass is 274 g/mol. The number of nitrogens with one attached hydrogen (secondary N) is 2. The van der Waals surface area contributed by atoms with Crippen molar-refractivity contribution in [2.24, 2.45) is 5.92 Å². The molecule has 0 atom stereocenters. The lowest BCUT2D eigenvalue weighted by Crippen LogP contribution is -2.42. The summed E-state index contributed by atoms with van der Waals surface area (Å²) in [6.07, 6.45) is 6.94. The molecule has 106 valence electrons. The zero-order chi connectivity index (χ0) is 13.2. The highest BCUT2D eigenvalue weighted by molar-refractivity contribution is 7.90. The van der Waals surface area contributed by atoms with Crippen LogP contribution in [0.1, 0.15) is 52.4 Å². The zero-order valence-electron chi connectivity index (χ0n) is 11.5. The van der Waals surface area contributed by atoms with Crippen LogP contribution in [0.15, 0.2) is 0 Å². The third kappa shape index (κ3) is 4.21. The molecule has 0 unspecified atom stereocenters. The second-order valence-electron chi connectivity index (χ2n) is 6.11. The summed E-state index contributed by atoms with van der Waals surface area (Å²) in [5, 5.41) is 3.24. The van der Waals surface area contributed by atoms with Gasteiger partial charge in [-0.3, -0.25) is 0 Å². The van der Waals surface area contributed by atoms with Gasteiger partial charge in [-0.15, -0.1) is 0 Å². The van der Waals surface area contributed by atoms with Crippen LogP contribution < -0.4 is 10.0 Å². The first-order valence-electron chi connectivity index (χ1n) is 7.22. The van der Waals surface area contributed by atoms with Crippen LogP contribution in [0.4, 0.5) is 0 Å². The number of rotatable bonds is 6. The van der Waals surface area contributed by atoms with Crippen molar-refractivity contribution < 1.29 is 8.42 Å². The fourth-order valence-corrected chi connectivity index (χ4v) is 3.45. The second-order valence-corrected chi connectivity index (χ2v) is 8.38. The standard InChI is InChI=1S/C13H26N2O2S/c1-10(2)18(16,17)15-13-5-3-11(4-6-13)9-14-12-7-8-12/h10-15H,3-9H2,1-2H3. The van der Waals surface area contributed by atoms with Crippen LogP contribution >= 0.6 is 0 Å². The molecule has 2 aliphatic carbocycles. The molecule has 2 aliphatic rings. The van der Waals surface area contributed by atoms with Crippen LogP contribution in [0.3, 0.4) is 0 Å². The molecule has 0 radical (unpaired) electrons. The highest BCUT2D eigenvalue weighted by Gasteiger charge is 2.27. The largest absolute Gasteiger partial charge is 0.314 e. The van der Waals surface area contributed by atoms with Crippen LogP contribution in [-0.2, 0) is 10.0 Å². The summed E-state index contributed by atoms with van der Waals surface area (Å²) in [6, 6.07) is 0.941. The van der Waals surface area contributed by atoms with Crippen molar-refractivity contribution in [1.29, 1.82) is 0 Å². The minimum absolute atomic E-state index is 0.162. The van der Waals surface area contributed by atoms with E-state index in [2.05, 4.69) is 10.0 Å². The Hall–Kier alpha value is -0.130. The fourth-order valence-electron chi connectivity index (χ4n) is 2.47. The lowest BCUT2D eigenvalue weighted by atomic mass is 9.86. The molecule has 18 heavy (non-hydrogen) atoms. The Bertz CT molecular complexity index is 355. The predicted octanol–water partition coefficient (Wildman–Crippen LogP) is 1.62. The van der Waals surface area contributed by atoms with Crippen LogP contribution in [0.25, 0.3) is 0 Å². The number of hydrogen-bond acceptors (Lipinski definition) is 3. The van der Waals surface area contributed by atoms with Crippen molar-refractivity contribution in [2.75, 3.05) is 6.54 Å². The highest BCUT2D eigenvalue weighted by Crippen LogP contribution is 2.26. The van der Waals surface area contributed by atoms with E-state index < -0.39 is 10.0 Å². The normalized spacial score (nSPS) is 29.7. The Kier molecular flexibility index (Phi) is 4.67. The predicted molar refractivity (Wildman–Crippen MR) is 74.0 cm³/mol. The van der Waals surface area contributed by atoms with E-state index in [0.29, 0.717) is 0 Å². The van der Waals surface area contributed by atoms with E-state index in [1.807, 2.05) is 0 Å². The first-order valence-corrected chi connectivity index (χ1v) is 8.76. The van der Waals surface area contributed by atoms with Gasteiger partial charge in [0.05, 0.1) is 5.25 Å². The van der Waals surface area contributed by atoms with E-state index >= 15 is 0 Å². The van der Waals surface area contributed by atoms with E-state index in [4.69, 9.17) is 0 Å². The van der Waals surface area contributed by atoms with Gasteiger partial charge < -0.3 is 5.32 Å². The Labute approximate surface area is 111 Å². The Balaban J connectivity index is 1.69. The average Bonchev–Trinajstić information content (AvgIpc) is 3.11. The van der Waals surface area contributed by atoms with Gasteiger partial charge >= 0.3 is 0 Å². The number of sulfonamides is 1. The van der Waals surface area contributed by atoms with Gasteiger partial charge in [-0.25, -0.2) is 13.1 Å². The summed E-state index contributed by atoms with van der Waals surface area (Å²) < 4.78 is 26.4. The molecule has 0 amide bonds. The molecule has 0 spiro atoms. The Morgan fingerprint density at radius 1 is 1.00 bits per heavy atom.